The Morgan fingerprint density at radius 1 is 1.23 bits per heavy atom. The standard InChI is InChI=1S/C24H27FN4O5S/c1-12-18-20(26-11-27-21(18)35-19(12)22(30)31)28-15-9-8-13(25)10-17(15)33-16-7-5-6-14(16)29-23(32)34-24(2,3)4/h8-11,14,16H,5-7H2,1-4H3,(H,29,32)(H,30,31)(H,26,27,28)/t14-,16-/m0/s1. The Bertz CT molecular complexity index is 1270. The van der Waals surface area contributed by atoms with Crippen LogP contribution in [0.25, 0.3) is 10.2 Å². The van der Waals surface area contributed by atoms with Crippen LogP contribution in [0.1, 0.15) is 55.3 Å². The second kappa shape index (κ2) is 9.65. The third-order valence-corrected chi connectivity index (χ3v) is 6.74. The molecule has 1 aliphatic rings. The Hall–Kier alpha value is -3.47. The van der Waals surface area contributed by atoms with Gasteiger partial charge < -0.3 is 25.2 Å². The predicted molar refractivity (Wildman–Crippen MR) is 130 cm³/mol. The summed E-state index contributed by atoms with van der Waals surface area (Å²) >= 11 is 1.07. The van der Waals surface area contributed by atoms with E-state index in [1.54, 1.807) is 27.7 Å². The Morgan fingerprint density at radius 2 is 2.00 bits per heavy atom. The molecular weight excluding hydrogens is 475 g/mol. The molecule has 0 spiro atoms. The average Bonchev–Trinajstić information content (AvgIpc) is 3.33. The summed E-state index contributed by atoms with van der Waals surface area (Å²) in [6.45, 7) is 7.07. The molecule has 1 aromatic carbocycles. The van der Waals surface area contributed by atoms with Crippen molar-refractivity contribution in [2.45, 2.75) is 64.7 Å². The summed E-state index contributed by atoms with van der Waals surface area (Å²) < 4.78 is 25.7. The number of benzene rings is 1. The van der Waals surface area contributed by atoms with E-state index in [9.17, 15) is 19.1 Å². The lowest BCUT2D eigenvalue weighted by Crippen LogP contribution is -2.44. The third-order valence-electron chi connectivity index (χ3n) is 5.55. The normalized spacial score (nSPS) is 17.9. The van der Waals surface area contributed by atoms with Gasteiger partial charge in [-0.15, -0.1) is 11.3 Å². The molecular formula is C24H27FN4O5S. The van der Waals surface area contributed by atoms with E-state index in [1.165, 1.54) is 24.5 Å². The molecule has 2 atom stereocenters. The minimum absolute atomic E-state index is 0.182. The Labute approximate surface area is 205 Å². The number of carboxylic acid groups (broad SMARTS) is 1. The molecule has 0 radical (unpaired) electrons. The van der Waals surface area contributed by atoms with Gasteiger partial charge in [-0.3, -0.25) is 0 Å². The number of nitrogens with zero attached hydrogens (tertiary/aromatic N) is 2. The van der Waals surface area contributed by atoms with Crippen molar-refractivity contribution in [3.63, 3.8) is 0 Å². The van der Waals surface area contributed by atoms with Crippen LogP contribution in [-0.2, 0) is 4.74 Å². The van der Waals surface area contributed by atoms with Gasteiger partial charge in [-0.05, 0) is 64.7 Å². The van der Waals surface area contributed by atoms with E-state index < -0.39 is 23.5 Å². The van der Waals surface area contributed by atoms with Crippen molar-refractivity contribution < 1.29 is 28.6 Å². The quantitative estimate of drug-likeness (QED) is 0.409. The number of fused-ring (bicyclic) bond motifs is 1. The van der Waals surface area contributed by atoms with Crippen LogP contribution in [0.15, 0.2) is 24.5 Å². The van der Waals surface area contributed by atoms with Crippen molar-refractivity contribution in [1.82, 2.24) is 15.3 Å². The number of amides is 1. The second-order valence-corrected chi connectivity index (χ2v) is 10.4. The number of carboxylic acids is 1. The number of rotatable bonds is 6. The largest absolute Gasteiger partial charge is 0.486 e. The van der Waals surface area contributed by atoms with Gasteiger partial charge in [0.15, 0.2) is 0 Å². The number of ether oxygens (including phenoxy) is 2. The van der Waals surface area contributed by atoms with E-state index in [1.807, 2.05) is 0 Å². The summed E-state index contributed by atoms with van der Waals surface area (Å²) in [7, 11) is 0. The van der Waals surface area contributed by atoms with E-state index >= 15 is 0 Å². The molecule has 2 aromatic heterocycles. The highest BCUT2D eigenvalue weighted by molar-refractivity contribution is 7.20. The lowest BCUT2D eigenvalue weighted by Gasteiger charge is -2.26. The van der Waals surface area contributed by atoms with Gasteiger partial charge in [-0.25, -0.2) is 23.9 Å². The zero-order chi connectivity index (χ0) is 25.3. The number of carbonyl (C=O) groups is 2. The van der Waals surface area contributed by atoms with Gasteiger partial charge in [-0.2, -0.15) is 0 Å². The summed E-state index contributed by atoms with van der Waals surface area (Å²) in [6.07, 6.45) is 2.66. The average molecular weight is 503 g/mol. The number of nitrogens with one attached hydrogen (secondary N) is 2. The number of thiophene rings is 1. The number of anilines is 2. The first-order valence-electron chi connectivity index (χ1n) is 11.2. The maximum absolute atomic E-state index is 14.2. The first-order chi connectivity index (χ1) is 16.5. The van der Waals surface area contributed by atoms with Gasteiger partial charge in [-0.1, -0.05) is 0 Å². The van der Waals surface area contributed by atoms with E-state index in [0.717, 1.165) is 17.8 Å². The topological polar surface area (TPSA) is 123 Å². The van der Waals surface area contributed by atoms with Crippen LogP contribution in [0.4, 0.5) is 20.7 Å². The maximum Gasteiger partial charge on any atom is 0.408 e. The lowest BCUT2D eigenvalue weighted by molar-refractivity contribution is 0.0464. The number of aromatic nitrogens is 2. The zero-order valence-corrected chi connectivity index (χ0v) is 20.7. The van der Waals surface area contributed by atoms with Crippen LogP contribution < -0.4 is 15.4 Å². The second-order valence-electron chi connectivity index (χ2n) is 9.37. The molecule has 2 heterocycles. The molecule has 186 valence electrons. The predicted octanol–water partition coefficient (Wildman–Crippen LogP) is 5.41. The molecule has 4 rings (SSSR count). The Morgan fingerprint density at radius 3 is 2.71 bits per heavy atom. The van der Waals surface area contributed by atoms with E-state index in [0.29, 0.717) is 40.1 Å². The molecule has 0 unspecified atom stereocenters. The number of halogens is 1. The molecule has 3 aromatic rings. The third kappa shape index (κ3) is 5.61. The fraction of sp³-hybridized carbons (Fsp3) is 0.417. The fourth-order valence-corrected chi connectivity index (χ4v) is 5.04. The molecule has 3 N–H and O–H groups in total. The number of hydrogen-bond acceptors (Lipinski definition) is 8. The maximum atomic E-state index is 14.2. The molecule has 0 bridgehead atoms. The zero-order valence-electron chi connectivity index (χ0n) is 19.8. The van der Waals surface area contributed by atoms with Crippen LogP contribution in [0.3, 0.4) is 0 Å². The lowest BCUT2D eigenvalue weighted by atomic mass is 10.2. The molecule has 1 saturated carbocycles. The van der Waals surface area contributed by atoms with Crippen molar-refractivity contribution in [3.8, 4) is 5.75 Å². The van der Waals surface area contributed by atoms with Gasteiger partial charge in [0.1, 0.15) is 45.1 Å². The smallest absolute Gasteiger partial charge is 0.408 e. The van der Waals surface area contributed by atoms with Crippen molar-refractivity contribution in [2.75, 3.05) is 5.32 Å². The van der Waals surface area contributed by atoms with Crippen LogP contribution in [0, 0.1) is 12.7 Å². The van der Waals surface area contributed by atoms with Crippen LogP contribution >= 0.6 is 11.3 Å². The van der Waals surface area contributed by atoms with Gasteiger partial charge in [0, 0.05) is 6.07 Å². The van der Waals surface area contributed by atoms with E-state index in [-0.39, 0.29) is 22.8 Å². The SMILES string of the molecule is Cc1c(C(=O)O)sc2ncnc(Nc3ccc(F)cc3O[C@H]3CCC[C@@H]3NC(=O)OC(C)(C)C)c12. The number of carbonyl (C=O) groups excluding carboxylic acids is 1. The highest BCUT2D eigenvalue weighted by atomic mass is 32.1. The molecule has 1 aliphatic carbocycles. The van der Waals surface area contributed by atoms with Crippen LogP contribution in [0.5, 0.6) is 5.75 Å². The monoisotopic (exact) mass is 502 g/mol. The molecule has 11 heteroatoms. The summed E-state index contributed by atoms with van der Waals surface area (Å²) in [5.41, 5.74) is 0.376. The molecule has 1 amide bonds. The number of hydrogen-bond donors (Lipinski definition) is 3. The number of aromatic carboxylic acids is 1. The fourth-order valence-electron chi connectivity index (χ4n) is 4.05. The molecule has 0 saturated heterocycles. The van der Waals surface area contributed by atoms with Crippen molar-refractivity contribution in [2.24, 2.45) is 0 Å². The van der Waals surface area contributed by atoms with Gasteiger partial charge in [0.25, 0.3) is 0 Å². The van der Waals surface area contributed by atoms with Crippen LogP contribution in [0.2, 0.25) is 0 Å². The summed E-state index contributed by atoms with van der Waals surface area (Å²) in [4.78, 5) is 33.0. The minimum atomic E-state index is -1.04. The summed E-state index contributed by atoms with van der Waals surface area (Å²) in [5.74, 6) is -0.867. The Kier molecular flexibility index (Phi) is 6.79. The highest BCUT2D eigenvalue weighted by Gasteiger charge is 2.32. The summed E-state index contributed by atoms with van der Waals surface area (Å²) in [5, 5.41) is 16.1. The van der Waals surface area contributed by atoms with Crippen molar-refractivity contribution in [3.05, 3.63) is 40.8 Å². The molecule has 9 nitrogen and oxygen atoms in total. The summed E-state index contributed by atoms with van der Waals surface area (Å²) in [6, 6.07) is 3.81. The van der Waals surface area contributed by atoms with E-state index in [4.69, 9.17) is 9.47 Å². The molecule has 0 aliphatic heterocycles. The van der Waals surface area contributed by atoms with Crippen molar-refractivity contribution >= 4 is 45.1 Å². The number of alkyl carbamates (subject to hydrolysis) is 1. The molecule has 1 fully saturated rings. The van der Waals surface area contributed by atoms with E-state index in [2.05, 4.69) is 20.6 Å². The first kappa shape index (κ1) is 24.6. The molecule has 35 heavy (non-hydrogen) atoms. The van der Waals surface area contributed by atoms with Crippen molar-refractivity contribution in [1.29, 1.82) is 0 Å². The first-order valence-corrected chi connectivity index (χ1v) is 12.0. The van der Waals surface area contributed by atoms with Gasteiger partial charge in [0.2, 0.25) is 0 Å². The minimum Gasteiger partial charge on any atom is -0.486 e. The highest BCUT2D eigenvalue weighted by Crippen LogP contribution is 2.37. The Balaban J connectivity index is 1.59. The van der Waals surface area contributed by atoms with Gasteiger partial charge >= 0.3 is 12.1 Å². The van der Waals surface area contributed by atoms with Gasteiger partial charge in [0.05, 0.1) is 17.1 Å². The number of aryl methyl sites for hydroxylation is 1. The van der Waals surface area contributed by atoms with Crippen LogP contribution in [-0.4, -0.2) is 44.9 Å².